The standard InChI is InChI=1S/C9H8N4/c1-7-11-6-12-9(13-7)8-2-4-10-5-3-8/h2-6H,1H3. The van der Waals surface area contributed by atoms with Gasteiger partial charge in [-0.2, -0.15) is 0 Å². The van der Waals surface area contributed by atoms with E-state index in [9.17, 15) is 0 Å². The Bertz CT molecular complexity index is 399. The first-order valence-electron chi connectivity index (χ1n) is 3.92. The molecule has 0 saturated heterocycles. The number of hydrogen-bond acceptors (Lipinski definition) is 4. The summed E-state index contributed by atoms with van der Waals surface area (Å²) in [5.74, 6) is 1.41. The van der Waals surface area contributed by atoms with Gasteiger partial charge in [0.15, 0.2) is 5.82 Å². The quantitative estimate of drug-likeness (QED) is 0.649. The molecule has 2 heterocycles. The molecule has 0 aliphatic heterocycles. The largest absolute Gasteiger partial charge is 0.265 e. The van der Waals surface area contributed by atoms with Crippen LogP contribution >= 0.6 is 0 Å². The lowest BCUT2D eigenvalue weighted by Crippen LogP contribution is -1.93. The number of rotatable bonds is 1. The van der Waals surface area contributed by atoms with Crippen molar-refractivity contribution in [2.24, 2.45) is 0 Å². The lowest BCUT2D eigenvalue weighted by atomic mass is 10.2. The van der Waals surface area contributed by atoms with Gasteiger partial charge in [-0.05, 0) is 19.1 Å². The van der Waals surface area contributed by atoms with Crippen LogP contribution in [0.1, 0.15) is 5.82 Å². The maximum absolute atomic E-state index is 4.19. The van der Waals surface area contributed by atoms with Gasteiger partial charge in [-0.15, -0.1) is 0 Å². The summed E-state index contributed by atoms with van der Waals surface area (Å²) >= 11 is 0. The maximum Gasteiger partial charge on any atom is 0.163 e. The number of hydrogen-bond donors (Lipinski definition) is 0. The minimum absolute atomic E-state index is 0.690. The minimum atomic E-state index is 0.690. The molecule has 0 unspecified atom stereocenters. The fraction of sp³-hybridized carbons (Fsp3) is 0.111. The van der Waals surface area contributed by atoms with Crippen LogP contribution in [0.5, 0.6) is 0 Å². The first-order chi connectivity index (χ1) is 6.36. The Kier molecular flexibility index (Phi) is 1.96. The van der Waals surface area contributed by atoms with Crippen LogP contribution in [0.4, 0.5) is 0 Å². The molecule has 64 valence electrons. The zero-order valence-electron chi connectivity index (χ0n) is 7.18. The number of nitrogens with zero attached hydrogens (tertiary/aromatic N) is 4. The van der Waals surface area contributed by atoms with Gasteiger partial charge in [-0.3, -0.25) is 4.98 Å². The van der Waals surface area contributed by atoms with E-state index in [4.69, 9.17) is 0 Å². The van der Waals surface area contributed by atoms with Gasteiger partial charge in [-0.25, -0.2) is 15.0 Å². The molecule has 0 aromatic carbocycles. The highest BCUT2D eigenvalue weighted by molar-refractivity contribution is 5.52. The van der Waals surface area contributed by atoms with Crippen LogP contribution < -0.4 is 0 Å². The van der Waals surface area contributed by atoms with Crippen molar-refractivity contribution < 1.29 is 0 Å². The predicted octanol–water partition coefficient (Wildman–Crippen LogP) is 1.24. The van der Waals surface area contributed by atoms with Crippen molar-refractivity contribution in [1.82, 2.24) is 19.9 Å². The zero-order chi connectivity index (χ0) is 9.10. The maximum atomic E-state index is 4.19. The first-order valence-corrected chi connectivity index (χ1v) is 3.92. The first kappa shape index (κ1) is 7.79. The molecule has 2 aromatic rings. The molecule has 4 nitrogen and oxygen atoms in total. The van der Waals surface area contributed by atoms with Crippen molar-refractivity contribution in [3.05, 3.63) is 36.7 Å². The summed E-state index contributed by atoms with van der Waals surface area (Å²) < 4.78 is 0. The second kappa shape index (κ2) is 3.26. The molecule has 0 saturated carbocycles. The van der Waals surface area contributed by atoms with Crippen LogP contribution in [0.3, 0.4) is 0 Å². The Morgan fingerprint density at radius 1 is 1.08 bits per heavy atom. The van der Waals surface area contributed by atoms with E-state index in [0.29, 0.717) is 5.82 Å². The molecule has 0 radical (unpaired) electrons. The molecule has 4 heteroatoms. The van der Waals surface area contributed by atoms with Crippen molar-refractivity contribution >= 4 is 0 Å². The third kappa shape index (κ3) is 1.66. The summed E-state index contributed by atoms with van der Waals surface area (Å²) in [5.41, 5.74) is 0.959. The van der Waals surface area contributed by atoms with E-state index in [1.165, 1.54) is 6.33 Å². The van der Waals surface area contributed by atoms with Crippen LogP contribution in [0.2, 0.25) is 0 Å². The van der Waals surface area contributed by atoms with Crippen LogP contribution in [0.15, 0.2) is 30.9 Å². The SMILES string of the molecule is Cc1ncnc(-c2ccncc2)n1. The lowest BCUT2D eigenvalue weighted by molar-refractivity contribution is 0.982. The van der Waals surface area contributed by atoms with E-state index in [-0.39, 0.29) is 0 Å². The van der Waals surface area contributed by atoms with Crippen LogP contribution in [-0.4, -0.2) is 19.9 Å². The number of aryl methyl sites for hydroxylation is 1. The second-order valence-electron chi connectivity index (χ2n) is 2.59. The molecule has 0 bridgehead atoms. The Morgan fingerprint density at radius 3 is 2.54 bits per heavy atom. The summed E-state index contributed by atoms with van der Waals surface area (Å²) in [6.45, 7) is 1.84. The molecule has 0 aliphatic carbocycles. The van der Waals surface area contributed by atoms with E-state index in [1.54, 1.807) is 12.4 Å². The average molecular weight is 172 g/mol. The molecular weight excluding hydrogens is 164 g/mol. The lowest BCUT2D eigenvalue weighted by Gasteiger charge is -1.98. The van der Waals surface area contributed by atoms with E-state index in [2.05, 4.69) is 19.9 Å². The van der Waals surface area contributed by atoms with E-state index >= 15 is 0 Å². The average Bonchev–Trinajstić information content (AvgIpc) is 2.19. The highest BCUT2D eigenvalue weighted by Gasteiger charge is 1.99. The normalized spacial score (nSPS) is 9.92. The molecule has 0 amide bonds. The van der Waals surface area contributed by atoms with Gasteiger partial charge in [0.2, 0.25) is 0 Å². The summed E-state index contributed by atoms with van der Waals surface area (Å²) in [7, 11) is 0. The van der Waals surface area contributed by atoms with Crippen molar-refractivity contribution in [2.45, 2.75) is 6.92 Å². The molecule has 2 rings (SSSR count). The molecule has 2 aromatic heterocycles. The summed E-state index contributed by atoms with van der Waals surface area (Å²) in [6.07, 6.45) is 4.95. The second-order valence-corrected chi connectivity index (χ2v) is 2.59. The van der Waals surface area contributed by atoms with Gasteiger partial charge in [0.05, 0.1) is 0 Å². The fourth-order valence-electron chi connectivity index (χ4n) is 1.02. The van der Waals surface area contributed by atoms with E-state index in [1.807, 2.05) is 19.1 Å². The fourth-order valence-corrected chi connectivity index (χ4v) is 1.02. The van der Waals surface area contributed by atoms with Crippen molar-refractivity contribution in [1.29, 1.82) is 0 Å². The van der Waals surface area contributed by atoms with Crippen molar-refractivity contribution in [2.75, 3.05) is 0 Å². The molecular formula is C9H8N4. The molecule has 0 spiro atoms. The Labute approximate surface area is 75.7 Å². The summed E-state index contributed by atoms with van der Waals surface area (Å²) in [6, 6.07) is 3.74. The zero-order valence-corrected chi connectivity index (χ0v) is 7.18. The topological polar surface area (TPSA) is 51.6 Å². The van der Waals surface area contributed by atoms with Gasteiger partial charge < -0.3 is 0 Å². The van der Waals surface area contributed by atoms with Crippen molar-refractivity contribution in [3.63, 3.8) is 0 Å². The number of pyridine rings is 1. The third-order valence-electron chi connectivity index (χ3n) is 1.63. The van der Waals surface area contributed by atoms with Gasteiger partial charge in [0.1, 0.15) is 12.2 Å². The smallest absolute Gasteiger partial charge is 0.163 e. The highest BCUT2D eigenvalue weighted by Crippen LogP contribution is 2.10. The van der Waals surface area contributed by atoms with Crippen LogP contribution in [0.25, 0.3) is 11.4 Å². The summed E-state index contributed by atoms with van der Waals surface area (Å²) in [4.78, 5) is 16.1. The van der Waals surface area contributed by atoms with Crippen molar-refractivity contribution in [3.8, 4) is 11.4 Å². The minimum Gasteiger partial charge on any atom is -0.265 e. The summed E-state index contributed by atoms with van der Waals surface area (Å²) in [5, 5.41) is 0. The molecule has 0 aliphatic rings. The third-order valence-corrected chi connectivity index (χ3v) is 1.63. The van der Waals surface area contributed by atoms with Crippen LogP contribution in [-0.2, 0) is 0 Å². The molecule has 0 fully saturated rings. The van der Waals surface area contributed by atoms with E-state index < -0.39 is 0 Å². The molecule has 0 atom stereocenters. The van der Waals surface area contributed by atoms with Crippen LogP contribution in [0, 0.1) is 6.92 Å². The van der Waals surface area contributed by atoms with Gasteiger partial charge in [0.25, 0.3) is 0 Å². The highest BCUT2D eigenvalue weighted by atomic mass is 15.0. The van der Waals surface area contributed by atoms with E-state index in [0.717, 1.165) is 11.4 Å². The molecule has 0 N–H and O–H groups in total. The van der Waals surface area contributed by atoms with Gasteiger partial charge >= 0.3 is 0 Å². The van der Waals surface area contributed by atoms with Gasteiger partial charge in [0, 0.05) is 18.0 Å². The Balaban J connectivity index is 2.48. The van der Waals surface area contributed by atoms with Gasteiger partial charge in [-0.1, -0.05) is 0 Å². The molecule has 13 heavy (non-hydrogen) atoms. The Morgan fingerprint density at radius 2 is 1.85 bits per heavy atom. The number of aromatic nitrogens is 4. The monoisotopic (exact) mass is 172 g/mol. The Hall–Kier alpha value is -1.84. The predicted molar refractivity (Wildman–Crippen MR) is 47.8 cm³/mol.